The van der Waals surface area contributed by atoms with E-state index >= 15 is 0 Å². The lowest BCUT2D eigenvalue weighted by Gasteiger charge is -2.18. The summed E-state index contributed by atoms with van der Waals surface area (Å²) in [6.45, 7) is 5.29. The van der Waals surface area contributed by atoms with Gasteiger partial charge in [0.25, 0.3) is 15.0 Å². The largest absolute Gasteiger partial charge is 0.338 e. The molecule has 1 amide bonds. The molecule has 116 valence electrons. The molecule has 1 aromatic rings. The van der Waals surface area contributed by atoms with Crippen molar-refractivity contribution >= 4 is 48.8 Å². The Bertz CT molecular complexity index is 680. The molecule has 1 aliphatic rings. The molecule has 0 radical (unpaired) electrons. The highest BCUT2D eigenvalue weighted by Gasteiger charge is 2.33. The summed E-state index contributed by atoms with van der Waals surface area (Å²) in [5.41, 5.74) is -0.0126. The number of halogens is 3. The van der Waals surface area contributed by atoms with Crippen LogP contribution in [0.1, 0.15) is 24.2 Å². The third-order valence-electron chi connectivity index (χ3n) is 3.81. The Kier molecular flexibility index (Phi) is 4.78. The van der Waals surface area contributed by atoms with Gasteiger partial charge >= 0.3 is 0 Å². The van der Waals surface area contributed by atoms with Crippen molar-refractivity contribution in [2.45, 2.75) is 18.7 Å². The molecule has 8 heteroatoms. The lowest BCUT2D eigenvalue weighted by Crippen LogP contribution is -2.29. The van der Waals surface area contributed by atoms with Gasteiger partial charge in [-0.25, -0.2) is 8.42 Å². The second-order valence-electron chi connectivity index (χ2n) is 5.34. The van der Waals surface area contributed by atoms with Gasteiger partial charge in [-0.1, -0.05) is 37.0 Å². The Balaban J connectivity index is 2.47. The molecule has 0 bridgehead atoms. The van der Waals surface area contributed by atoms with Crippen molar-refractivity contribution in [1.82, 2.24) is 4.90 Å². The lowest BCUT2D eigenvalue weighted by molar-refractivity contribution is 0.0785. The van der Waals surface area contributed by atoms with E-state index in [9.17, 15) is 13.2 Å². The third-order valence-corrected chi connectivity index (χ3v) is 5.99. The molecule has 2 rings (SSSR count). The average Bonchev–Trinajstić information content (AvgIpc) is 2.67. The molecule has 0 N–H and O–H groups in total. The van der Waals surface area contributed by atoms with Crippen molar-refractivity contribution in [3.63, 3.8) is 0 Å². The number of rotatable bonds is 2. The van der Waals surface area contributed by atoms with E-state index in [1.54, 1.807) is 4.90 Å². The van der Waals surface area contributed by atoms with Crippen LogP contribution in [0, 0.1) is 11.8 Å². The number of nitrogens with zero attached hydrogens (tertiary/aromatic N) is 1. The molecule has 1 saturated heterocycles. The minimum Gasteiger partial charge on any atom is -0.338 e. The van der Waals surface area contributed by atoms with E-state index in [1.807, 2.05) is 0 Å². The van der Waals surface area contributed by atoms with Crippen molar-refractivity contribution < 1.29 is 13.2 Å². The zero-order valence-electron chi connectivity index (χ0n) is 11.4. The molecule has 2 unspecified atom stereocenters. The van der Waals surface area contributed by atoms with Crippen LogP contribution >= 0.6 is 33.9 Å². The van der Waals surface area contributed by atoms with E-state index in [2.05, 4.69) is 13.8 Å². The standard InChI is InChI=1S/C13H14Cl3NO3S/c1-7-5-17(6-8(7)2)13(18)11-9(14)3-4-10(12(11)15)21(16,19)20/h3-4,7-8H,5-6H2,1-2H3. The Morgan fingerprint density at radius 2 is 1.71 bits per heavy atom. The smallest absolute Gasteiger partial charge is 0.262 e. The van der Waals surface area contributed by atoms with Crippen LogP contribution in [0.15, 0.2) is 17.0 Å². The first-order valence-electron chi connectivity index (χ1n) is 6.35. The topological polar surface area (TPSA) is 54.5 Å². The van der Waals surface area contributed by atoms with E-state index in [1.165, 1.54) is 12.1 Å². The number of hydrogen-bond acceptors (Lipinski definition) is 3. The molecule has 0 aromatic heterocycles. The lowest BCUT2D eigenvalue weighted by atomic mass is 10.0. The summed E-state index contributed by atoms with van der Waals surface area (Å²) in [4.78, 5) is 13.9. The van der Waals surface area contributed by atoms with Crippen LogP contribution in [0.3, 0.4) is 0 Å². The molecule has 21 heavy (non-hydrogen) atoms. The highest BCUT2D eigenvalue weighted by Crippen LogP contribution is 2.35. The maximum Gasteiger partial charge on any atom is 0.262 e. The molecule has 4 nitrogen and oxygen atoms in total. The summed E-state index contributed by atoms with van der Waals surface area (Å²) >= 11 is 12.1. The fourth-order valence-electron chi connectivity index (χ4n) is 2.37. The van der Waals surface area contributed by atoms with Gasteiger partial charge in [0.05, 0.1) is 15.6 Å². The summed E-state index contributed by atoms with van der Waals surface area (Å²) in [5.74, 6) is 0.362. The number of carbonyl (C=O) groups is 1. The summed E-state index contributed by atoms with van der Waals surface area (Å²) in [5, 5.41) is -0.115. The van der Waals surface area contributed by atoms with Gasteiger partial charge < -0.3 is 4.90 Å². The van der Waals surface area contributed by atoms with Gasteiger partial charge in [0.1, 0.15) is 4.90 Å². The number of carbonyl (C=O) groups excluding carboxylic acids is 1. The van der Waals surface area contributed by atoms with Crippen LogP contribution in [-0.2, 0) is 9.05 Å². The van der Waals surface area contributed by atoms with Crippen molar-refractivity contribution in [2.24, 2.45) is 11.8 Å². The van der Waals surface area contributed by atoms with Crippen molar-refractivity contribution in [1.29, 1.82) is 0 Å². The molecule has 0 spiro atoms. The zero-order chi connectivity index (χ0) is 15.9. The second kappa shape index (κ2) is 5.95. The Morgan fingerprint density at radius 1 is 1.19 bits per heavy atom. The third kappa shape index (κ3) is 3.31. The molecule has 1 fully saturated rings. The number of amides is 1. The first kappa shape index (κ1) is 16.9. The van der Waals surface area contributed by atoms with Gasteiger partial charge in [0.15, 0.2) is 0 Å². The maximum absolute atomic E-state index is 12.6. The summed E-state index contributed by atoms with van der Waals surface area (Å²) in [6, 6.07) is 2.51. The SMILES string of the molecule is CC1CN(C(=O)c2c(Cl)ccc(S(=O)(=O)Cl)c2Cl)CC1C. The van der Waals surface area contributed by atoms with Crippen LogP contribution in [0.25, 0.3) is 0 Å². The highest BCUT2D eigenvalue weighted by molar-refractivity contribution is 8.13. The van der Waals surface area contributed by atoms with Crippen molar-refractivity contribution in [3.05, 3.63) is 27.7 Å². The first-order valence-corrected chi connectivity index (χ1v) is 9.41. The molecular formula is C13H14Cl3NO3S. The van der Waals surface area contributed by atoms with Crippen LogP contribution in [0.5, 0.6) is 0 Å². The van der Waals surface area contributed by atoms with Crippen molar-refractivity contribution in [3.8, 4) is 0 Å². The van der Waals surface area contributed by atoms with Crippen LogP contribution in [0.4, 0.5) is 0 Å². The number of likely N-dealkylation sites (tertiary alicyclic amines) is 1. The average molecular weight is 371 g/mol. The van der Waals surface area contributed by atoms with Gasteiger partial charge in [-0.3, -0.25) is 4.79 Å². The van der Waals surface area contributed by atoms with Crippen LogP contribution in [0.2, 0.25) is 10.0 Å². The van der Waals surface area contributed by atoms with Gasteiger partial charge in [-0.05, 0) is 24.0 Å². The monoisotopic (exact) mass is 369 g/mol. The van der Waals surface area contributed by atoms with Gasteiger partial charge in [0.2, 0.25) is 0 Å². The van der Waals surface area contributed by atoms with Crippen LogP contribution < -0.4 is 0 Å². The normalized spacial score (nSPS) is 22.6. The Hall–Kier alpha value is -0.490. The van der Waals surface area contributed by atoms with Gasteiger partial charge in [0, 0.05) is 23.8 Å². The Morgan fingerprint density at radius 3 is 2.19 bits per heavy atom. The molecule has 1 heterocycles. The predicted molar refractivity (Wildman–Crippen MR) is 83.7 cm³/mol. The molecular weight excluding hydrogens is 357 g/mol. The highest BCUT2D eigenvalue weighted by atomic mass is 35.7. The van der Waals surface area contributed by atoms with Gasteiger partial charge in [-0.2, -0.15) is 0 Å². The fourth-order valence-corrected chi connectivity index (χ4v) is 4.26. The molecule has 1 aromatic carbocycles. The molecule has 1 aliphatic heterocycles. The summed E-state index contributed by atoms with van der Waals surface area (Å²) in [7, 11) is 1.28. The minimum atomic E-state index is -4.04. The fraction of sp³-hybridized carbons (Fsp3) is 0.462. The number of hydrogen-bond donors (Lipinski definition) is 0. The van der Waals surface area contributed by atoms with Crippen molar-refractivity contribution in [2.75, 3.05) is 13.1 Å². The van der Waals surface area contributed by atoms with E-state index in [0.717, 1.165) is 0 Å². The Labute approximate surface area is 138 Å². The van der Waals surface area contributed by atoms with E-state index in [4.69, 9.17) is 33.9 Å². The maximum atomic E-state index is 12.6. The number of benzene rings is 1. The molecule has 0 saturated carbocycles. The molecule has 2 atom stereocenters. The second-order valence-corrected chi connectivity index (χ2v) is 8.66. The predicted octanol–water partition coefficient (Wildman–Crippen LogP) is 3.65. The summed E-state index contributed by atoms with van der Waals surface area (Å²) in [6.07, 6.45) is 0. The zero-order valence-corrected chi connectivity index (χ0v) is 14.5. The quantitative estimate of drug-likeness (QED) is 0.747. The first-order chi connectivity index (χ1) is 9.62. The van der Waals surface area contributed by atoms with Crippen LogP contribution in [-0.4, -0.2) is 32.3 Å². The molecule has 0 aliphatic carbocycles. The minimum absolute atomic E-state index is 0.0126. The van der Waals surface area contributed by atoms with E-state index < -0.39 is 9.05 Å². The van der Waals surface area contributed by atoms with E-state index in [0.29, 0.717) is 24.9 Å². The van der Waals surface area contributed by atoms with Gasteiger partial charge in [-0.15, -0.1) is 0 Å². The van der Waals surface area contributed by atoms with E-state index in [-0.39, 0.29) is 26.4 Å². The summed E-state index contributed by atoms with van der Waals surface area (Å²) < 4.78 is 23.0.